The van der Waals surface area contributed by atoms with Crippen LogP contribution >= 0.6 is 0 Å². The van der Waals surface area contributed by atoms with Crippen molar-refractivity contribution in [2.24, 2.45) is 0 Å². The van der Waals surface area contributed by atoms with Gasteiger partial charge < -0.3 is 14.9 Å². The minimum Gasteiger partial charge on any atom is -0.389 e. The first kappa shape index (κ1) is 20.7. The summed E-state index contributed by atoms with van der Waals surface area (Å²) in [6, 6.07) is 8.13. The molecule has 3 rings (SSSR count). The highest BCUT2D eigenvalue weighted by molar-refractivity contribution is 7.89. The SMILES string of the molecule is COCCN1CCN(C[C@]2(O)CN(S(=O)(=O)c3ccccc3)C[C@H]2O)CC1. The number of aliphatic hydroxyl groups is 2. The maximum atomic E-state index is 12.8. The van der Waals surface area contributed by atoms with E-state index < -0.39 is 21.7 Å². The maximum absolute atomic E-state index is 12.8. The number of methoxy groups -OCH3 is 1. The predicted molar refractivity (Wildman–Crippen MR) is 101 cm³/mol. The van der Waals surface area contributed by atoms with Crippen molar-refractivity contribution >= 4 is 10.0 Å². The van der Waals surface area contributed by atoms with Gasteiger partial charge in [0.15, 0.2) is 0 Å². The van der Waals surface area contributed by atoms with Gasteiger partial charge in [0.2, 0.25) is 10.0 Å². The summed E-state index contributed by atoms with van der Waals surface area (Å²) in [7, 11) is -2.05. The summed E-state index contributed by atoms with van der Waals surface area (Å²) in [6.07, 6.45) is -1.11. The van der Waals surface area contributed by atoms with E-state index in [2.05, 4.69) is 9.80 Å². The van der Waals surface area contributed by atoms with Crippen molar-refractivity contribution in [1.29, 1.82) is 0 Å². The van der Waals surface area contributed by atoms with Gasteiger partial charge >= 0.3 is 0 Å². The molecule has 2 heterocycles. The van der Waals surface area contributed by atoms with Gasteiger partial charge in [0.05, 0.1) is 17.6 Å². The Labute approximate surface area is 161 Å². The van der Waals surface area contributed by atoms with E-state index in [1.54, 1.807) is 25.3 Å². The van der Waals surface area contributed by atoms with Crippen LogP contribution < -0.4 is 0 Å². The second-order valence-electron chi connectivity index (χ2n) is 7.34. The summed E-state index contributed by atoms with van der Waals surface area (Å²) in [5.41, 5.74) is -1.46. The number of piperazine rings is 1. The topological polar surface area (TPSA) is 93.5 Å². The van der Waals surface area contributed by atoms with Crippen LogP contribution in [0.25, 0.3) is 0 Å². The number of rotatable bonds is 7. The Morgan fingerprint density at radius 3 is 2.41 bits per heavy atom. The summed E-state index contributed by atoms with van der Waals surface area (Å²) >= 11 is 0. The fourth-order valence-corrected chi connectivity index (χ4v) is 5.23. The zero-order chi connectivity index (χ0) is 19.5. The Morgan fingerprint density at radius 1 is 1.15 bits per heavy atom. The van der Waals surface area contributed by atoms with Crippen LogP contribution in [-0.4, -0.2) is 111 Å². The summed E-state index contributed by atoms with van der Waals surface area (Å²) in [5.74, 6) is 0. The molecule has 0 unspecified atom stereocenters. The summed E-state index contributed by atoms with van der Waals surface area (Å²) in [6.45, 7) is 4.89. The highest BCUT2D eigenvalue weighted by atomic mass is 32.2. The molecule has 1 aromatic carbocycles. The van der Waals surface area contributed by atoms with Gasteiger partial charge in [-0.25, -0.2) is 8.42 Å². The smallest absolute Gasteiger partial charge is 0.243 e. The Hall–Kier alpha value is -1.07. The molecule has 0 aromatic heterocycles. The molecular formula is C18H29N3O5S. The van der Waals surface area contributed by atoms with Crippen LogP contribution in [-0.2, 0) is 14.8 Å². The van der Waals surface area contributed by atoms with Gasteiger partial charge in [0.1, 0.15) is 5.60 Å². The molecule has 0 bridgehead atoms. The van der Waals surface area contributed by atoms with Crippen molar-refractivity contribution in [3.8, 4) is 0 Å². The van der Waals surface area contributed by atoms with Gasteiger partial charge in [-0.1, -0.05) is 18.2 Å². The molecule has 2 aliphatic heterocycles. The van der Waals surface area contributed by atoms with Gasteiger partial charge in [-0.2, -0.15) is 4.31 Å². The lowest BCUT2D eigenvalue weighted by Gasteiger charge is -2.38. The van der Waals surface area contributed by atoms with E-state index in [0.717, 1.165) is 32.7 Å². The van der Waals surface area contributed by atoms with Crippen molar-refractivity contribution in [2.45, 2.75) is 16.6 Å². The molecule has 2 saturated heterocycles. The molecule has 2 N–H and O–H groups in total. The number of nitrogens with zero attached hydrogens (tertiary/aromatic N) is 3. The molecule has 0 amide bonds. The van der Waals surface area contributed by atoms with E-state index in [1.807, 2.05) is 0 Å². The van der Waals surface area contributed by atoms with Crippen LogP contribution in [0.3, 0.4) is 0 Å². The maximum Gasteiger partial charge on any atom is 0.243 e. The molecule has 8 nitrogen and oxygen atoms in total. The van der Waals surface area contributed by atoms with Crippen molar-refractivity contribution in [1.82, 2.24) is 14.1 Å². The second kappa shape index (κ2) is 8.52. The van der Waals surface area contributed by atoms with Crippen molar-refractivity contribution in [2.75, 3.05) is 66.1 Å². The van der Waals surface area contributed by atoms with Crippen molar-refractivity contribution in [3.05, 3.63) is 30.3 Å². The van der Waals surface area contributed by atoms with E-state index in [4.69, 9.17) is 4.74 Å². The van der Waals surface area contributed by atoms with Gasteiger partial charge in [-0.3, -0.25) is 9.80 Å². The number of sulfonamides is 1. The molecule has 9 heteroatoms. The zero-order valence-corrected chi connectivity index (χ0v) is 16.5. The van der Waals surface area contributed by atoms with Crippen LogP contribution in [0.1, 0.15) is 0 Å². The number of hydrogen-bond acceptors (Lipinski definition) is 7. The Morgan fingerprint density at radius 2 is 1.78 bits per heavy atom. The summed E-state index contributed by atoms with van der Waals surface area (Å²) in [5, 5.41) is 21.4. The molecule has 1 aromatic rings. The van der Waals surface area contributed by atoms with Crippen molar-refractivity contribution in [3.63, 3.8) is 0 Å². The molecule has 0 aliphatic carbocycles. The Bertz CT molecular complexity index is 709. The first-order valence-electron chi connectivity index (χ1n) is 9.24. The van der Waals surface area contributed by atoms with E-state index in [9.17, 15) is 18.6 Å². The van der Waals surface area contributed by atoms with Gasteiger partial charge in [-0.05, 0) is 12.1 Å². The second-order valence-corrected chi connectivity index (χ2v) is 9.28. The lowest BCUT2D eigenvalue weighted by molar-refractivity contribution is -0.0671. The van der Waals surface area contributed by atoms with Crippen LogP contribution in [0.4, 0.5) is 0 Å². The quantitative estimate of drug-likeness (QED) is 0.610. The average Bonchev–Trinajstić information content (AvgIpc) is 2.97. The molecule has 152 valence electrons. The minimum absolute atomic E-state index is 0.0957. The van der Waals surface area contributed by atoms with Gasteiger partial charge in [0, 0.05) is 59.5 Å². The first-order chi connectivity index (χ1) is 12.8. The zero-order valence-electron chi connectivity index (χ0n) is 15.7. The molecule has 2 aliphatic rings. The molecule has 0 spiro atoms. The van der Waals surface area contributed by atoms with Crippen LogP contribution in [0.5, 0.6) is 0 Å². The third-order valence-electron chi connectivity index (χ3n) is 5.40. The molecule has 2 fully saturated rings. The number of benzene rings is 1. The van der Waals surface area contributed by atoms with Crippen molar-refractivity contribution < 1.29 is 23.4 Å². The van der Waals surface area contributed by atoms with Crippen LogP contribution in [0, 0.1) is 0 Å². The molecule has 0 radical (unpaired) electrons. The first-order valence-corrected chi connectivity index (χ1v) is 10.7. The van der Waals surface area contributed by atoms with Gasteiger partial charge in [-0.15, -0.1) is 0 Å². The number of aliphatic hydroxyl groups excluding tert-OH is 1. The number of β-amino-alcohol motifs (C(OH)–C–C–N with tert-alkyl or cyclic N) is 2. The molecule has 2 atom stereocenters. The highest BCUT2D eigenvalue weighted by Crippen LogP contribution is 2.28. The number of ether oxygens (including phenoxy) is 1. The largest absolute Gasteiger partial charge is 0.389 e. The third kappa shape index (κ3) is 4.68. The fraction of sp³-hybridized carbons (Fsp3) is 0.667. The number of hydrogen-bond donors (Lipinski definition) is 2. The lowest BCUT2D eigenvalue weighted by Crippen LogP contribution is -2.56. The van der Waals surface area contributed by atoms with Crippen LogP contribution in [0.2, 0.25) is 0 Å². The highest BCUT2D eigenvalue weighted by Gasteiger charge is 2.49. The lowest BCUT2D eigenvalue weighted by atomic mass is 9.99. The summed E-state index contributed by atoms with van der Waals surface area (Å²) < 4.78 is 31.8. The molecule has 0 saturated carbocycles. The molecule has 27 heavy (non-hydrogen) atoms. The van der Waals surface area contributed by atoms with Gasteiger partial charge in [0.25, 0.3) is 0 Å². The Kier molecular flexibility index (Phi) is 6.52. The van der Waals surface area contributed by atoms with E-state index >= 15 is 0 Å². The fourth-order valence-electron chi connectivity index (χ4n) is 3.70. The standard InChI is InChI=1S/C18H29N3O5S/c1-26-12-11-19-7-9-20(10-8-19)14-18(23)15-21(13-17(18)22)27(24,25)16-5-3-2-4-6-16/h2-6,17,22-23H,7-15H2,1H3/t17-,18+/m1/s1. The predicted octanol–water partition coefficient (Wildman–Crippen LogP) is -0.953. The normalized spacial score (nSPS) is 28.6. The summed E-state index contributed by atoms with van der Waals surface area (Å²) in [4.78, 5) is 4.56. The minimum atomic E-state index is -3.73. The molecular weight excluding hydrogens is 370 g/mol. The van der Waals surface area contributed by atoms with E-state index in [0.29, 0.717) is 6.61 Å². The Balaban J connectivity index is 1.60. The monoisotopic (exact) mass is 399 g/mol. The third-order valence-corrected chi connectivity index (χ3v) is 7.23. The van der Waals surface area contributed by atoms with E-state index in [-0.39, 0.29) is 24.5 Å². The van der Waals surface area contributed by atoms with Crippen LogP contribution in [0.15, 0.2) is 35.2 Å². The average molecular weight is 400 g/mol. The van der Waals surface area contributed by atoms with E-state index in [1.165, 1.54) is 16.4 Å².